The monoisotopic (exact) mass is 377 g/mol. The average molecular weight is 378 g/mol. The molecule has 0 radical (unpaired) electrons. The Morgan fingerprint density at radius 1 is 0.963 bits per heavy atom. The summed E-state index contributed by atoms with van der Waals surface area (Å²) in [5, 5.41) is 2.23. The van der Waals surface area contributed by atoms with E-state index >= 15 is 0 Å². The molecule has 134 valence electrons. The fourth-order valence-electron chi connectivity index (χ4n) is 2.94. The van der Waals surface area contributed by atoms with Crippen LogP contribution in [0.4, 0.5) is 0 Å². The fourth-order valence-corrected chi connectivity index (χ4v) is 3.25. The number of fused-ring (bicyclic) bond motifs is 2. The van der Waals surface area contributed by atoms with E-state index in [9.17, 15) is 4.79 Å². The van der Waals surface area contributed by atoms with Crippen molar-refractivity contribution in [2.45, 2.75) is 6.61 Å². The number of rotatable bonds is 4. The summed E-state index contributed by atoms with van der Waals surface area (Å²) in [7, 11) is 1.61. The highest BCUT2D eigenvalue weighted by Gasteiger charge is 2.11. The number of hydrogen-bond acceptors (Lipinski definition) is 4. The molecule has 5 heteroatoms. The van der Waals surface area contributed by atoms with Gasteiger partial charge in [0.2, 0.25) is 0 Å². The van der Waals surface area contributed by atoms with Gasteiger partial charge in [-0.2, -0.15) is 0 Å². The SMILES string of the molecule is COc1ccc2nc3ccc(COC(=O)c4ccccc4)cc3c(Cl)c2c1. The maximum atomic E-state index is 12.1. The standard InChI is InChI=1S/C22H16ClNO3/c1-26-16-8-10-20-18(12-16)21(23)17-11-14(7-9-19(17)24-20)13-27-22(25)15-5-3-2-4-6-15/h2-12H,13H2,1H3. The molecule has 1 heterocycles. The van der Waals surface area contributed by atoms with Crippen LogP contribution in [-0.2, 0) is 11.3 Å². The van der Waals surface area contributed by atoms with Gasteiger partial charge in [-0.05, 0) is 48.0 Å². The molecule has 4 rings (SSSR count). The molecule has 0 unspecified atom stereocenters. The molecule has 1 aromatic heterocycles. The smallest absolute Gasteiger partial charge is 0.338 e. The number of nitrogens with zero attached hydrogens (tertiary/aromatic N) is 1. The van der Waals surface area contributed by atoms with Crippen LogP contribution in [0.15, 0.2) is 66.7 Å². The van der Waals surface area contributed by atoms with Crippen molar-refractivity contribution in [2.24, 2.45) is 0 Å². The number of ether oxygens (including phenoxy) is 2. The van der Waals surface area contributed by atoms with E-state index in [4.69, 9.17) is 21.1 Å². The van der Waals surface area contributed by atoms with E-state index in [1.54, 1.807) is 31.4 Å². The summed E-state index contributed by atoms with van der Waals surface area (Å²) in [6.07, 6.45) is 0. The Labute approximate surface area is 161 Å². The minimum absolute atomic E-state index is 0.163. The number of hydrogen-bond donors (Lipinski definition) is 0. The van der Waals surface area contributed by atoms with E-state index in [0.717, 1.165) is 33.1 Å². The Morgan fingerprint density at radius 3 is 2.41 bits per heavy atom. The molecule has 0 amide bonds. The second-order valence-electron chi connectivity index (χ2n) is 6.10. The third-order valence-corrected chi connectivity index (χ3v) is 4.77. The lowest BCUT2D eigenvalue weighted by Crippen LogP contribution is -2.04. The zero-order valence-electron chi connectivity index (χ0n) is 14.6. The lowest BCUT2D eigenvalue weighted by Gasteiger charge is -2.09. The normalized spacial score (nSPS) is 10.9. The first-order valence-corrected chi connectivity index (χ1v) is 8.81. The van der Waals surface area contributed by atoms with E-state index < -0.39 is 0 Å². The number of benzene rings is 3. The van der Waals surface area contributed by atoms with Gasteiger partial charge in [-0.3, -0.25) is 0 Å². The topological polar surface area (TPSA) is 48.4 Å². The number of esters is 1. The van der Waals surface area contributed by atoms with E-state index in [2.05, 4.69) is 4.98 Å². The van der Waals surface area contributed by atoms with Crippen molar-refractivity contribution in [3.05, 3.63) is 82.9 Å². The van der Waals surface area contributed by atoms with Gasteiger partial charge in [0.25, 0.3) is 0 Å². The first kappa shape index (κ1) is 17.3. The van der Waals surface area contributed by atoms with Crippen molar-refractivity contribution in [2.75, 3.05) is 7.11 Å². The van der Waals surface area contributed by atoms with E-state index in [1.807, 2.05) is 42.5 Å². The molecule has 4 nitrogen and oxygen atoms in total. The second kappa shape index (κ2) is 7.25. The summed E-state index contributed by atoms with van der Waals surface area (Å²) in [5.41, 5.74) is 2.96. The minimum Gasteiger partial charge on any atom is -0.497 e. The molecule has 0 aliphatic heterocycles. The Bertz CT molecular complexity index is 1140. The van der Waals surface area contributed by atoms with Gasteiger partial charge in [-0.1, -0.05) is 35.9 Å². The summed E-state index contributed by atoms with van der Waals surface area (Å²) >= 11 is 6.63. The van der Waals surface area contributed by atoms with Crippen LogP contribution < -0.4 is 4.74 Å². The van der Waals surface area contributed by atoms with Gasteiger partial charge in [0.05, 0.1) is 28.7 Å². The van der Waals surface area contributed by atoms with Crippen molar-refractivity contribution in [3.8, 4) is 5.75 Å². The number of pyridine rings is 1. The van der Waals surface area contributed by atoms with Crippen LogP contribution in [0.5, 0.6) is 5.75 Å². The molecule has 0 bridgehead atoms. The molecule has 0 aliphatic carbocycles. The van der Waals surface area contributed by atoms with Crippen LogP contribution in [0.3, 0.4) is 0 Å². The van der Waals surface area contributed by atoms with Crippen molar-refractivity contribution in [1.82, 2.24) is 4.98 Å². The number of carbonyl (C=O) groups excluding carboxylic acids is 1. The fraction of sp³-hybridized carbons (Fsp3) is 0.0909. The van der Waals surface area contributed by atoms with Crippen molar-refractivity contribution < 1.29 is 14.3 Å². The lowest BCUT2D eigenvalue weighted by molar-refractivity contribution is 0.0473. The summed E-state index contributed by atoms with van der Waals surface area (Å²) in [6, 6.07) is 20.2. The maximum absolute atomic E-state index is 12.1. The molecule has 0 saturated heterocycles. The molecule has 0 saturated carbocycles. The van der Waals surface area contributed by atoms with Crippen molar-refractivity contribution in [1.29, 1.82) is 0 Å². The Morgan fingerprint density at radius 2 is 1.67 bits per heavy atom. The van der Waals surface area contributed by atoms with Gasteiger partial charge in [-0.15, -0.1) is 0 Å². The molecule has 3 aromatic carbocycles. The summed E-state index contributed by atoms with van der Waals surface area (Å²) in [4.78, 5) is 16.8. The highest BCUT2D eigenvalue weighted by atomic mass is 35.5. The van der Waals surface area contributed by atoms with Gasteiger partial charge in [0, 0.05) is 10.8 Å². The molecule has 4 aromatic rings. The number of halogens is 1. The minimum atomic E-state index is -0.358. The van der Waals surface area contributed by atoms with E-state index in [-0.39, 0.29) is 12.6 Å². The molecule has 0 atom stereocenters. The zero-order valence-corrected chi connectivity index (χ0v) is 15.4. The van der Waals surface area contributed by atoms with Crippen LogP contribution in [0.2, 0.25) is 5.02 Å². The first-order chi connectivity index (χ1) is 13.2. The largest absolute Gasteiger partial charge is 0.497 e. The van der Waals surface area contributed by atoms with Gasteiger partial charge in [0.15, 0.2) is 0 Å². The molecule has 27 heavy (non-hydrogen) atoms. The van der Waals surface area contributed by atoms with Crippen molar-refractivity contribution >= 4 is 39.4 Å². The van der Waals surface area contributed by atoms with Crippen LogP contribution in [0.25, 0.3) is 21.8 Å². The summed E-state index contributed by atoms with van der Waals surface area (Å²) in [6.45, 7) is 0.163. The van der Waals surface area contributed by atoms with E-state index in [1.165, 1.54) is 0 Å². The molecule has 0 spiro atoms. The molecule has 0 fully saturated rings. The molecule has 0 N–H and O–H groups in total. The summed E-state index contributed by atoms with van der Waals surface area (Å²) < 4.78 is 10.7. The van der Waals surface area contributed by atoms with Gasteiger partial charge in [0.1, 0.15) is 12.4 Å². The van der Waals surface area contributed by atoms with Gasteiger partial charge < -0.3 is 9.47 Å². The molecule has 0 aliphatic rings. The number of aromatic nitrogens is 1. The van der Waals surface area contributed by atoms with Gasteiger partial charge >= 0.3 is 5.97 Å². The van der Waals surface area contributed by atoms with Crippen LogP contribution in [0, 0.1) is 0 Å². The van der Waals surface area contributed by atoms with E-state index in [0.29, 0.717) is 10.6 Å². The zero-order chi connectivity index (χ0) is 18.8. The second-order valence-corrected chi connectivity index (χ2v) is 6.48. The summed E-state index contributed by atoms with van der Waals surface area (Å²) in [5.74, 6) is 0.363. The molecular weight excluding hydrogens is 362 g/mol. The number of methoxy groups -OCH3 is 1. The van der Waals surface area contributed by atoms with Crippen molar-refractivity contribution in [3.63, 3.8) is 0 Å². The Hall–Kier alpha value is -3.11. The number of carbonyl (C=O) groups is 1. The van der Waals surface area contributed by atoms with Crippen LogP contribution in [-0.4, -0.2) is 18.1 Å². The molecular formula is C22H16ClNO3. The average Bonchev–Trinajstić information content (AvgIpc) is 2.73. The predicted octanol–water partition coefficient (Wildman–Crippen LogP) is 5.41. The highest BCUT2D eigenvalue weighted by Crippen LogP contribution is 2.33. The third-order valence-electron chi connectivity index (χ3n) is 4.36. The van der Waals surface area contributed by atoms with Crippen LogP contribution in [0.1, 0.15) is 15.9 Å². The Kier molecular flexibility index (Phi) is 4.65. The lowest BCUT2D eigenvalue weighted by atomic mass is 10.1. The maximum Gasteiger partial charge on any atom is 0.338 e. The van der Waals surface area contributed by atoms with Gasteiger partial charge in [-0.25, -0.2) is 9.78 Å². The first-order valence-electron chi connectivity index (χ1n) is 8.44. The predicted molar refractivity (Wildman–Crippen MR) is 106 cm³/mol. The quantitative estimate of drug-likeness (QED) is 0.352. The highest BCUT2D eigenvalue weighted by molar-refractivity contribution is 6.40. The van der Waals surface area contributed by atoms with Crippen LogP contribution >= 0.6 is 11.6 Å². The third kappa shape index (κ3) is 3.44. The Balaban J connectivity index is 1.66.